The Bertz CT molecular complexity index is 104. The fourth-order valence-corrected chi connectivity index (χ4v) is 1.13. The van der Waals surface area contributed by atoms with Gasteiger partial charge in [0.15, 0.2) is 0 Å². The average molecular weight is 142 g/mol. The highest BCUT2D eigenvalue weighted by Gasteiger charge is 2.08. The summed E-state index contributed by atoms with van der Waals surface area (Å²) in [4.78, 5) is 0. The molecule has 1 fully saturated rings. The maximum Gasteiger partial charge on any atom is 0.0756 e. The molecule has 58 valence electrons. The van der Waals surface area contributed by atoms with E-state index in [-0.39, 0.29) is 12.7 Å². The highest BCUT2D eigenvalue weighted by atomic mass is 16.5. The van der Waals surface area contributed by atoms with Gasteiger partial charge in [-0.05, 0) is 19.3 Å². The molecule has 1 heterocycles. The second-order valence-corrected chi connectivity index (χ2v) is 2.52. The van der Waals surface area contributed by atoms with E-state index in [1.165, 1.54) is 12.8 Å². The van der Waals surface area contributed by atoms with Crippen molar-refractivity contribution >= 4 is 0 Å². The smallest absolute Gasteiger partial charge is 0.0756 e. The molecule has 2 nitrogen and oxygen atoms in total. The minimum Gasteiger partial charge on any atom is -0.392 e. The summed E-state index contributed by atoms with van der Waals surface area (Å²) in [5.41, 5.74) is 0. The molecule has 0 saturated carbocycles. The lowest BCUT2D eigenvalue weighted by Gasteiger charge is -2.18. The van der Waals surface area contributed by atoms with Crippen molar-refractivity contribution in [3.05, 3.63) is 12.2 Å². The van der Waals surface area contributed by atoms with Crippen LogP contribution >= 0.6 is 0 Å². The molecule has 0 amide bonds. The summed E-state index contributed by atoms with van der Waals surface area (Å²) >= 11 is 0. The summed E-state index contributed by atoms with van der Waals surface area (Å²) in [6.45, 7) is 1.00. The normalized spacial score (nSPS) is 27.5. The van der Waals surface area contributed by atoms with Crippen molar-refractivity contribution in [1.29, 1.82) is 0 Å². The lowest BCUT2D eigenvalue weighted by Crippen LogP contribution is -2.16. The zero-order valence-electron chi connectivity index (χ0n) is 6.12. The van der Waals surface area contributed by atoms with Gasteiger partial charge in [0.2, 0.25) is 0 Å². The number of aliphatic hydroxyl groups is 1. The molecule has 1 aliphatic heterocycles. The Balaban J connectivity index is 2.19. The van der Waals surface area contributed by atoms with Crippen molar-refractivity contribution in [2.45, 2.75) is 25.4 Å². The summed E-state index contributed by atoms with van der Waals surface area (Å²) in [7, 11) is 0. The zero-order chi connectivity index (χ0) is 7.23. The van der Waals surface area contributed by atoms with Crippen LogP contribution in [0.1, 0.15) is 19.3 Å². The Kier molecular flexibility index (Phi) is 3.47. The van der Waals surface area contributed by atoms with Crippen molar-refractivity contribution in [3.63, 3.8) is 0 Å². The predicted molar refractivity (Wildman–Crippen MR) is 39.8 cm³/mol. The molecule has 1 aliphatic rings. The predicted octanol–water partition coefficient (Wildman–Crippen LogP) is 1.10. The first-order valence-corrected chi connectivity index (χ1v) is 3.82. The van der Waals surface area contributed by atoms with E-state index < -0.39 is 0 Å². The fraction of sp³-hybridized carbons (Fsp3) is 0.750. The standard InChI is InChI=1S/C8H14O2/c9-6-3-5-8-4-1-2-7-10-8/h3,5,8-9H,1-2,4,6-7H2/b5-3-. The van der Waals surface area contributed by atoms with Crippen LogP contribution in [0.3, 0.4) is 0 Å². The minimum atomic E-state index is 0.125. The molecular formula is C8H14O2. The van der Waals surface area contributed by atoms with E-state index in [1.54, 1.807) is 6.08 Å². The number of aliphatic hydroxyl groups excluding tert-OH is 1. The van der Waals surface area contributed by atoms with Crippen molar-refractivity contribution in [1.82, 2.24) is 0 Å². The maximum atomic E-state index is 8.45. The summed E-state index contributed by atoms with van der Waals surface area (Å²) in [6.07, 6.45) is 7.50. The third-order valence-corrected chi connectivity index (χ3v) is 1.67. The second-order valence-electron chi connectivity index (χ2n) is 2.52. The Morgan fingerprint density at radius 2 is 2.40 bits per heavy atom. The molecule has 0 bridgehead atoms. The SMILES string of the molecule is OC/C=C\C1CCCCO1. The number of hydrogen-bond acceptors (Lipinski definition) is 2. The molecule has 0 aromatic heterocycles. The first-order valence-electron chi connectivity index (χ1n) is 3.82. The van der Waals surface area contributed by atoms with Crippen LogP contribution in [0.25, 0.3) is 0 Å². The molecule has 0 aromatic rings. The summed E-state index contributed by atoms with van der Waals surface area (Å²) in [5, 5.41) is 8.45. The van der Waals surface area contributed by atoms with Crippen molar-refractivity contribution < 1.29 is 9.84 Å². The van der Waals surface area contributed by atoms with E-state index in [0.717, 1.165) is 13.0 Å². The second kappa shape index (κ2) is 4.47. The van der Waals surface area contributed by atoms with E-state index in [0.29, 0.717) is 0 Å². The number of hydrogen-bond donors (Lipinski definition) is 1. The van der Waals surface area contributed by atoms with Crippen LogP contribution in [0, 0.1) is 0 Å². The molecule has 10 heavy (non-hydrogen) atoms. The molecule has 0 spiro atoms. The van der Waals surface area contributed by atoms with Crippen LogP contribution in [0.5, 0.6) is 0 Å². The molecule has 2 heteroatoms. The first-order chi connectivity index (χ1) is 4.93. The van der Waals surface area contributed by atoms with Crippen molar-refractivity contribution in [2.75, 3.05) is 13.2 Å². The van der Waals surface area contributed by atoms with Gasteiger partial charge < -0.3 is 9.84 Å². The van der Waals surface area contributed by atoms with Gasteiger partial charge >= 0.3 is 0 Å². The van der Waals surface area contributed by atoms with Crippen molar-refractivity contribution in [3.8, 4) is 0 Å². The molecule has 0 radical (unpaired) electrons. The number of ether oxygens (including phenoxy) is 1. The van der Waals surface area contributed by atoms with Crippen molar-refractivity contribution in [2.24, 2.45) is 0 Å². The highest BCUT2D eigenvalue weighted by Crippen LogP contribution is 2.12. The lowest BCUT2D eigenvalue weighted by atomic mass is 10.1. The third kappa shape index (κ3) is 2.50. The molecule has 1 saturated heterocycles. The van der Waals surface area contributed by atoms with Gasteiger partial charge in [-0.25, -0.2) is 0 Å². The fourth-order valence-electron chi connectivity index (χ4n) is 1.13. The summed E-state index contributed by atoms with van der Waals surface area (Å²) in [6, 6.07) is 0. The summed E-state index contributed by atoms with van der Waals surface area (Å²) < 4.78 is 5.38. The molecule has 0 aromatic carbocycles. The van der Waals surface area contributed by atoms with Crippen LogP contribution in [0.4, 0.5) is 0 Å². The molecule has 1 atom stereocenters. The highest BCUT2D eigenvalue weighted by molar-refractivity contribution is 4.90. The Hall–Kier alpha value is -0.340. The van der Waals surface area contributed by atoms with Gasteiger partial charge in [-0.15, -0.1) is 0 Å². The van der Waals surface area contributed by atoms with Gasteiger partial charge in [0.25, 0.3) is 0 Å². The van der Waals surface area contributed by atoms with E-state index in [4.69, 9.17) is 9.84 Å². The lowest BCUT2D eigenvalue weighted by molar-refractivity contribution is 0.0462. The third-order valence-electron chi connectivity index (χ3n) is 1.67. The van der Waals surface area contributed by atoms with Crippen LogP contribution in [0.15, 0.2) is 12.2 Å². The van der Waals surface area contributed by atoms with Gasteiger partial charge in [0.05, 0.1) is 12.7 Å². The van der Waals surface area contributed by atoms with Crippen LogP contribution in [-0.4, -0.2) is 24.4 Å². The zero-order valence-corrected chi connectivity index (χ0v) is 6.12. The van der Waals surface area contributed by atoms with E-state index in [2.05, 4.69) is 0 Å². The molecule has 0 aliphatic carbocycles. The first kappa shape index (κ1) is 7.76. The molecule has 1 unspecified atom stereocenters. The monoisotopic (exact) mass is 142 g/mol. The summed E-state index contributed by atoms with van der Waals surface area (Å²) in [5.74, 6) is 0. The Labute approximate surface area is 61.5 Å². The Morgan fingerprint density at radius 1 is 1.50 bits per heavy atom. The van der Waals surface area contributed by atoms with E-state index in [1.807, 2.05) is 6.08 Å². The molecule has 1 N–H and O–H groups in total. The quantitative estimate of drug-likeness (QED) is 0.585. The van der Waals surface area contributed by atoms with Crippen LogP contribution in [0.2, 0.25) is 0 Å². The van der Waals surface area contributed by atoms with Gasteiger partial charge in [-0.2, -0.15) is 0 Å². The van der Waals surface area contributed by atoms with Gasteiger partial charge in [0.1, 0.15) is 0 Å². The van der Waals surface area contributed by atoms with Crippen LogP contribution < -0.4 is 0 Å². The maximum absolute atomic E-state index is 8.45. The van der Waals surface area contributed by atoms with Crippen LogP contribution in [-0.2, 0) is 4.74 Å². The average Bonchev–Trinajstić information content (AvgIpc) is 2.03. The molecule has 1 rings (SSSR count). The number of rotatable bonds is 2. The van der Waals surface area contributed by atoms with Gasteiger partial charge in [-0.1, -0.05) is 12.2 Å². The molecular weight excluding hydrogens is 128 g/mol. The van der Waals surface area contributed by atoms with Gasteiger partial charge in [0, 0.05) is 6.61 Å². The van der Waals surface area contributed by atoms with E-state index >= 15 is 0 Å². The Morgan fingerprint density at radius 3 is 3.00 bits per heavy atom. The largest absolute Gasteiger partial charge is 0.392 e. The minimum absolute atomic E-state index is 0.125. The topological polar surface area (TPSA) is 29.5 Å². The van der Waals surface area contributed by atoms with Gasteiger partial charge in [-0.3, -0.25) is 0 Å². The van der Waals surface area contributed by atoms with E-state index in [9.17, 15) is 0 Å².